The largest absolute Gasteiger partial charge is 0.494 e. The van der Waals surface area contributed by atoms with Gasteiger partial charge in [0.1, 0.15) is 11.9 Å². The highest BCUT2D eigenvalue weighted by Gasteiger charge is 2.43. The molecule has 0 spiro atoms. The molecule has 35 heavy (non-hydrogen) atoms. The predicted molar refractivity (Wildman–Crippen MR) is 131 cm³/mol. The van der Waals surface area contributed by atoms with Crippen LogP contribution in [0.5, 0.6) is 5.75 Å². The van der Waals surface area contributed by atoms with Gasteiger partial charge in [0.05, 0.1) is 19.6 Å². The maximum Gasteiger partial charge on any atom is 0.324 e. The Morgan fingerprint density at radius 2 is 1.94 bits per heavy atom. The zero-order valence-electron chi connectivity index (χ0n) is 20.9. The number of nitrogens with zero attached hydrogens (tertiary/aromatic N) is 4. The van der Waals surface area contributed by atoms with Crippen molar-refractivity contribution in [1.82, 2.24) is 15.0 Å². The number of alkyl halides is 1. The Morgan fingerprint density at radius 1 is 1.17 bits per heavy atom. The van der Waals surface area contributed by atoms with Gasteiger partial charge in [-0.1, -0.05) is 31.1 Å². The van der Waals surface area contributed by atoms with Crippen LogP contribution in [-0.2, 0) is 11.2 Å². The standard InChI is InChI=1S/C27H37FN4O3/c1-18(2)26-29-27(35-30-26)31-11-7-20(8-12-31)24-16-21(24)10-14-34-23-5-3-19(4-6-23)15-25(33)32-13-9-22(28)17-32/h3-6,18,20-22,24H,7-17H2,1-2H3. The van der Waals surface area contributed by atoms with E-state index in [0.717, 1.165) is 61.0 Å². The highest BCUT2D eigenvalue weighted by molar-refractivity contribution is 5.79. The van der Waals surface area contributed by atoms with Gasteiger partial charge in [-0.2, -0.15) is 4.98 Å². The van der Waals surface area contributed by atoms with E-state index in [1.54, 1.807) is 4.90 Å². The van der Waals surface area contributed by atoms with E-state index in [0.29, 0.717) is 25.4 Å². The molecule has 3 heterocycles. The molecule has 1 amide bonds. The van der Waals surface area contributed by atoms with Crippen molar-refractivity contribution in [3.63, 3.8) is 0 Å². The quantitative estimate of drug-likeness (QED) is 0.517. The fourth-order valence-electron chi connectivity index (χ4n) is 5.55. The van der Waals surface area contributed by atoms with E-state index < -0.39 is 6.17 Å². The SMILES string of the molecule is CC(C)c1noc(N2CCC(C3CC3CCOc3ccc(CC(=O)N4CCC(F)C4)cc3)CC2)n1. The first kappa shape index (κ1) is 24.1. The second-order valence-electron chi connectivity index (χ2n) is 10.8. The molecule has 2 saturated heterocycles. The number of halogens is 1. The summed E-state index contributed by atoms with van der Waals surface area (Å²) in [6.07, 6.45) is 4.67. The number of likely N-dealkylation sites (tertiary alicyclic amines) is 1. The summed E-state index contributed by atoms with van der Waals surface area (Å²) in [5.41, 5.74) is 0.944. The third kappa shape index (κ3) is 5.96. The molecular weight excluding hydrogens is 447 g/mol. The molecule has 0 radical (unpaired) electrons. The highest BCUT2D eigenvalue weighted by Crippen LogP contribution is 2.50. The second kappa shape index (κ2) is 10.5. The van der Waals surface area contributed by atoms with Crippen molar-refractivity contribution in [2.75, 3.05) is 37.7 Å². The minimum atomic E-state index is -0.872. The van der Waals surface area contributed by atoms with E-state index in [-0.39, 0.29) is 18.4 Å². The first-order valence-corrected chi connectivity index (χ1v) is 13.2. The lowest BCUT2D eigenvalue weighted by Gasteiger charge is -2.30. The summed E-state index contributed by atoms with van der Waals surface area (Å²) in [5, 5.41) is 4.09. The molecule has 1 aromatic carbocycles. The van der Waals surface area contributed by atoms with E-state index in [1.807, 2.05) is 24.3 Å². The van der Waals surface area contributed by atoms with Crippen molar-refractivity contribution in [2.24, 2.45) is 17.8 Å². The second-order valence-corrected chi connectivity index (χ2v) is 10.8. The molecule has 190 valence electrons. The van der Waals surface area contributed by atoms with Crippen LogP contribution in [-0.4, -0.2) is 59.9 Å². The maximum absolute atomic E-state index is 13.3. The average molecular weight is 485 g/mol. The van der Waals surface area contributed by atoms with E-state index in [1.165, 1.54) is 19.3 Å². The summed E-state index contributed by atoms with van der Waals surface area (Å²) in [6, 6.07) is 8.43. The molecule has 1 saturated carbocycles. The van der Waals surface area contributed by atoms with E-state index in [4.69, 9.17) is 9.26 Å². The Labute approximate surface area is 207 Å². The fraction of sp³-hybridized carbons (Fsp3) is 0.667. The summed E-state index contributed by atoms with van der Waals surface area (Å²) in [4.78, 5) is 20.7. The van der Waals surface area contributed by atoms with Crippen LogP contribution in [0.15, 0.2) is 28.8 Å². The minimum absolute atomic E-state index is 0.00169. The van der Waals surface area contributed by atoms with Crippen molar-refractivity contribution in [3.05, 3.63) is 35.7 Å². The lowest BCUT2D eigenvalue weighted by atomic mass is 9.90. The van der Waals surface area contributed by atoms with Gasteiger partial charge in [-0.3, -0.25) is 4.79 Å². The van der Waals surface area contributed by atoms with E-state index >= 15 is 0 Å². The third-order valence-electron chi connectivity index (χ3n) is 7.86. The number of hydrogen-bond donors (Lipinski definition) is 0. The minimum Gasteiger partial charge on any atom is -0.494 e. The van der Waals surface area contributed by atoms with Gasteiger partial charge in [-0.25, -0.2) is 4.39 Å². The van der Waals surface area contributed by atoms with Crippen LogP contribution >= 0.6 is 0 Å². The normalized spacial score (nSPS) is 24.9. The molecular formula is C27H37FN4O3. The number of aromatic nitrogens is 2. The van der Waals surface area contributed by atoms with Crippen LogP contribution in [0.4, 0.5) is 10.4 Å². The number of hydrogen-bond acceptors (Lipinski definition) is 6. The molecule has 3 fully saturated rings. The average Bonchev–Trinajstić information content (AvgIpc) is 3.23. The zero-order valence-corrected chi connectivity index (χ0v) is 20.9. The monoisotopic (exact) mass is 484 g/mol. The van der Waals surface area contributed by atoms with Crippen LogP contribution < -0.4 is 9.64 Å². The molecule has 0 bridgehead atoms. The zero-order chi connectivity index (χ0) is 24.4. The van der Waals surface area contributed by atoms with Gasteiger partial charge in [0.2, 0.25) is 5.91 Å². The smallest absolute Gasteiger partial charge is 0.324 e. The summed E-state index contributed by atoms with van der Waals surface area (Å²) < 4.78 is 24.8. The van der Waals surface area contributed by atoms with Crippen molar-refractivity contribution >= 4 is 11.9 Å². The predicted octanol–water partition coefficient (Wildman–Crippen LogP) is 4.63. The van der Waals surface area contributed by atoms with Crippen LogP contribution in [0.1, 0.15) is 63.3 Å². The summed E-state index contributed by atoms with van der Waals surface area (Å²) in [6.45, 7) is 7.63. The van der Waals surface area contributed by atoms with Crippen LogP contribution in [0.2, 0.25) is 0 Å². The van der Waals surface area contributed by atoms with E-state index in [2.05, 4.69) is 28.9 Å². The Hall–Kier alpha value is -2.64. The fourth-order valence-corrected chi connectivity index (χ4v) is 5.55. The number of ether oxygens (including phenoxy) is 1. The number of amides is 1. The Bertz CT molecular complexity index is 987. The van der Waals surface area contributed by atoms with E-state index in [9.17, 15) is 9.18 Å². The number of carbonyl (C=O) groups excluding carboxylic acids is 1. The van der Waals surface area contributed by atoms with Gasteiger partial charge in [0.25, 0.3) is 0 Å². The molecule has 3 atom stereocenters. The van der Waals surface area contributed by atoms with Gasteiger partial charge < -0.3 is 19.1 Å². The van der Waals surface area contributed by atoms with Crippen molar-refractivity contribution in [3.8, 4) is 5.75 Å². The molecule has 8 heteroatoms. The first-order chi connectivity index (χ1) is 17.0. The molecule has 1 aliphatic carbocycles. The summed E-state index contributed by atoms with van der Waals surface area (Å²) >= 11 is 0. The molecule has 2 aromatic rings. The Morgan fingerprint density at radius 3 is 2.60 bits per heavy atom. The van der Waals surface area contributed by atoms with Gasteiger partial charge in [-0.05, 0) is 67.6 Å². The summed E-state index contributed by atoms with van der Waals surface area (Å²) in [7, 11) is 0. The molecule has 1 aromatic heterocycles. The Kier molecular flexibility index (Phi) is 7.25. The molecule has 5 rings (SSSR count). The molecule has 3 unspecified atom stereocenters. The van der Waals surface area contributed by atoms with Crippen molar-refractivity contribution in [2.45, 2.75) is 64.5 Å². The molecule has 7 nitrogen and oxygen atoms in total. The van der Waals surface area contributed by atoms with Crippen LogP contribution in [0.25, 0.3) is 0 Å². The Balaban J connectivity index is 0.990. The third-order valence-corrected chi connectivity index (χ3v) is 7.86. The highest BCUT2D eigenvalue weighted by atomic mass is 19.1. The maximum atomic E-state index is 13.3. The van der Waals surface area contributed by atoms with Gasteiger partial charge >= 0.3 is 6.01 Å². The topological polar surface area (TPSA) is 71.7 Å². The van der Waals surface area contributed by atoms with Gasteiger partial charge in [0, 0.05) is 25.6 Å². The van der Waals surface area contributed by atoms with Gasteiger partial charge in [-0.15, -0.1) is 0 Å². The lowest BCUT2D eigenvalue weighted by molar-refractivity contribution is -0.129. The van der Waals surface area contributed by atoms with Crippen LogP contribution in [0.3, 0.4) is 0 Å². The number of carbonyl (C=O) groups is 1. The number of rotatable bonds is 9. The molecule has 2 aliphatic heterocycles. The first-order valence-electron chi connectivity index (χ1n) is 13.2. The molecule has 3 aliphatic rings. The van der Waals surface area contributed by atoms with Crippen molar-refractivity contribution < 1.29 is 18.4 Å². The van der Waals surface area contributed by atoms with Crippen molar-refractivity contribution in [1.29, 1.82) is 0 Å². The number of piperidine rings is 1. The number of benzene rings is 1. The molecule has 0 N–H and O–H groups in total. The number of anilines is 1. The lowest BCUT2D eigenvalue weighted by Crippen LogP contribution is -2.34. The summed E-state index contributed by atoms with van der Waals surface area (Å²) in [5.74, 6) is 4.28. The van der Waals surface area contributed by atoms with Crippen LogP contribution in [0, 0.1) is 17.8 Å². The van der Waals surface area contributed by atoms with Gasteiger partial charge in [0.15, 0.2) is 5.82 Å².